The number of likely N-dealkylation sites (tertiary alicyclic amines) is 1. The number of fused-ring (bicyclic) bond motifs is 2. The summed E-state index contributed by atoms with van der Waals surface area (Å²) in [5.74, 6) is -2.99. The van der Waals surface area contributed by atoms with Crippen LogP contribution in [0.2, 0.25) is 0 Å². The number of aromatic nitrogens is 3. The molecule has 0 aliphatic carbocycles. The van der Waals surface area contributed by atoms with E-state index in [1.165, 1.54) is 4.90 Å². The molecule has 4 heterocycles. The zero-order chi connectivity index (χ0) is 30.0. The molecule has 5 rings (SSSR count). The minimum absolute atomic E-state index is 0.0674. The Hall–Kier alpha value is -3.09. The average Bonchev–Trinajstić information content (AvgIpc) is 3.70. The van der Waals surface area contributed by atoms with E-state index in [-0.39, 0.29) is 43.1 Å². The van der Waals surface area contributed by atoms with Gasteiger partial charge in [0.1, 0.15) is 23.8 Å². The number of amides is 2. The van der Waals surface area contributed by atoms with Gasteiger partial charge >= 0.3 is 5.97 Å². The first-order valence-electron chi connectivity index (χ1n) is 14.5. The van der Waals surface area contributed by atoms with E-state index in [2.05, 4.69) is 39.4 Å². The van der Waals surface area contributed by atoms with Gasteiger partial charge in [0, 0.05) is 11.4 Å². The summed E-state index contributed by atoms with van der Waals surface area (Å²) in [5.41, 5.74) is 0.189. The zero-order valence-corrected chi connectivity index (χ0v) is 25.4. The Morgan fingerprint density at radius 1 is 1.31 bits per heavy atom. The average molecular weight is 645 g/mol. The van der Waals surface area contributed by atoms with Crippen molar-refractivity contribution in [2.75, 3.05) is 19.8 Å². The lowest BCUT2D eigenvalue weighted by Crippen LogP contribution is -2.59. The molecule has 2 bridgehead atoms. The smallest absolute Gasteiger partial charge is 0.312 e. The SMILES string of the molecule is C=CCCCCOC(=O)[C@H]1[C@H]2C(=O)N([C@@H](CC)CO)C(C(=O)N(CC=C)Cn3nnc4ccccc43)C23CC(Br)[C@@H]1O3. The zero-order valence-electron chi connectivity index (χ0n) is 23.8. The molecule has 3 fully saturated rings. The summed E-state index contributed by atoms with van der Waals surface area (Å²) >= 11 is 3.68. The van der Waals surface area contributed by atoms with Gasteiger partial charge in [-0.2, -0.15) is 0 Å². The molecule has 1 aromatic carbocycles. The van der Waals surface area contributed by atoms with Crippen LogP contribution in [0.25, 0.3) is 11.0 Å². The van der Waals surface area contributed by atoms with Crippen LogP contribution in [0.3, 0.4) is 0 Å². The number of benzene rings is 1. The molecule has 42 heavy (non-hydrogen) atoms. The molecule has 1 spiro atoms. The topological polar surface area (TPSA) is 127 Å². The number of carbonyl (C=O) groups excluding carboxylic acids is 3. The number of esters is 1. The summed E-state index contributed by atoms with van der Waals surface area (Å²) in [6.45, 7) is 9.56. The Morgan fingerprint density at radius 2 is 2.10 bits per heavy atom. The molecule has 226 valence electrons. The predicted molar refractivity (Wildman–Crippen MR) is 158 cm³/mol. The number of aliphatic hydroxyl groups excluding tert-OH is 1. The fraction of sp³-hybridized carbons (Fsp3) is 0.567. The second kappa shape index (κ2) is 12.6. The van der Waals surface area contributed by atoms with Gasteiger partial charge in [-0.1, -0.05) is 52.4 Å². The van der Waals surface area contributed by atoms with Crippen molar-refractivity contribution >= 4 is 44.7 Å². The normalized spacial score (nSPS) is 28.6. The van der Waals surface area contributed by atoms with Gasteiger partial charge in [-0.3, -0.25) is 14.4 Å². The molecule has 2 amide bonds. The van der Waals surface area contributed by atoms with E-state index >= 15 is 0 Å². The van der Waals surface area contributed by atoms with Crippen molar-refractivity contribution in [1.29, 1.82) is 0 Å². The molecule has 0 radical (unpaired) electrons. The Bertz CT molecular complexity index is 1350. The number of unbranched alkanes of at least 4 members (excludes halogenated alkanes) is 2. The van der Waals surface area contributed by atoms with Crippen LogP contribution < -0.4 is 0 Å². The Labute approximate surface area is 253 Å². The van der Waals surface area contributed by atoms with Crippen molar-refractivity contribution < 1.29 is 29.0 Å². The van der Waals surface area contributed by atoms with Gasteiger partial charge in [0.15, 0.2) is 0 Å². The van der Waals surface area contributed by atoms with E-state index in [0.717, 1.165) is 18.4 Å². The molecular weight excluding hydrogens is 606 g/mol. The number of nitrogens with zero attached hydrogens (tertiary/aromatic N) is 5. The summed E-state index contributed by atoms with van der Waals surface area (Å²) in [7, 11) is 0. The highest BCUT2D eigenvalue weighted by Gasteiger charge is 2.77. The molecule has 2 aromatic rings. The quantitative estimate of drug-likeness (QED) is 0.144. The van der Waals surface area contributed by atoms with Crippen LogP contribution in [0, 0.1) is 11.8 Å². The van der Waals surface area contributed by atoms with E-state index in [4.69, 9.17) is 9.47 Å². The van der Waals surface area contributed by atoms with Crippen molar-refractivity contribution in [2.45, 2.75) is 74.3 Å². The number of alkyl halides is 1. The highest BCUT2D eigenvalue weighted by molar-refractivity contribution is 9.09. The van der Waals surface area contributed by atoms with Gasteiger partial charge in [0.2, 0.25) is 11.8 Å². The molecule has 0 saturated carbocycles. The first-order valence-corrected chi connectivity index (χ1v) is 15.4. The van der Waals surface area contributed by atoms with E-state index in [9.17, 15) is 19.5 Å². The maximum Gasteiger partial charge on any atom is 0.312 e. The summed E-state index contributed by atoms with van der Waals surface area (Å²) in [6, 6.07) is 5.76. The van der Waals surface area contributed by atoms with Gasteiger partial charge in [-0.25, -0.2) is 4.68 Å². The highest BCUT2D eigenvalue weighted by Crippen LogP contribution is 2.60. The van der Waals surface area contributed by atoms with E-state index in [1.54, 1.807) is 15.7 Å². The minimum Gasteiger partial charge on any atom is -0.465 e. The summed E-state index contributed by atoms with van der Waals surface area (Å²) < 4.78 is 13.8. The van der Waals surface area contributed by atoms with Crippen LogP contribution in [0.1, 0.15) is 39.0 Å². The number of ether oxygens (including phenoxy) is 2. The molecule has 11 nitrogen and oxygen atoms in total. The molecule has 3 unspecified atom stereocenters. The second-order valence-corrected chi connectivity index (χ2v) is 12.4. The van der Waals surface area contributed by atoms with Crippen molar-refractivity contribution in [3.63, 3.8) is 0 Å². The lowest BCUT2D eigenvalue weighted by atomic mass is 9.70. The van der Waals surface area contributed by atoms with Crippen LogP contribution in [-0.2, 0) is 30.5 Å². The lowest BCUT2D eigenvalue weighted by molar-refractivity contribution is -0.157. The number of halogens is 1. The Kier molecular flexibility index (Phi) is 9.14. The van der Waals surface area contributed by atoms with Gasteiger partial charge < -0.3 is 24.4 Å². The molecule has 7 atom stereocenters. The van der Waals surface area contributed by atoms with Crippen LogP contribution in [-0.4, -0.2) is 96.1 Å². The molecule has 3 saturated heterocycles. The standard InChI is InChI=1S/C30H38BrN5O6/c1-4-7-8-11-15-41-29(40)23-24-27(38)36(19(6-3)17-37)26(30(24)16-20(31)25(23)42-30)28(39)34(14-5-2)18-35-22-13-10-9-12-21(22)32-33-35/h4-5,9-10,12-13,19-20,23-26,37H,1-2,6-8,11,14-18H2,3H3/t19-,20?,23-,24-,25-,26?,30?/m0/s1. The van der Waals surface area contributed by atoms with Crippen LogP contribution >= 0.6 is 15.9 Å². The van der Waals surface area contributed by atoms with Crippen molar-refractivity contribution in [3.05, 3.63) is 49.6 Å². The van der Waals surface area contributed by atoms with E-state index < -0.39 is 41.6 Å². The highest BCUT2D eigenvalue weighted by atomic mass is 79.9. The third-order valence-corrected chi connectivity index (χ3v) is 9.59. The molecule has 3 aliphatic heterocycles. The largest absolute Gasteiger partial charge is 0.465 e. The van der Waals surface area contributed by atoms with Crippen molar-refractivity contribution in [3.8, 4) is 0 Å². The second-order valence-electron chi connectivity index (χ2n) is 11.2. The van der Waals surface area contributed by atoms with Crippen molar-refractivity contribution in [1.82, 2.24) is 24.8 Å². The fourth-order valence-electron chi connectivity index (χ4n) is 6.81. The molecule has 3 aliphatic rings. The fourth-order valence-corrected chi connectivity index (χ4v) is 7.76. The third kappa shape index (κ3) is 5.07. The first-order chi connectivity index (χ1) is 20.3. The van der Waals surface area contributed by atoms with Gasteiger partial charge in [-0.05, 0) is 44.2 Å². The van der Waals surface area contributed by atoms with Crippen LogP contribution in [0.5, 0.6) is 0 Å². The Balaban J connectivity index is 1.49. The molecule has 1 aromatic heterocycles. The third-order valence-electron chi connectivity index (χ3n) is 8.74. The molecule has 1 N–H and O–H groups in total. The number of rotatable bonds is 14. The van der Waals surface area contributed by atoms with Gasteiger partial charge in [0.25, 0.3) is 0 Å². The number of hydrogen-bond acceptors (Lipinski definition) is 8. The summed E-state index contributed by atoms with van der Waals surface area (Å²) in [4.78, 5) is 45.1. The maximum absolute atomic E-state index is 14.6. The van der Waals surface area contributed by atoms with E-state index in [1.807, 2.05) is 37.3 Å². The number of carbonyl (C=O) groups is 3. The first kappa shape index (κ1) is 30.4. The minimum atomic E-state index is -1.26. The molecular formula is C30H38BrN5O6. The van der Waals surface area contributed by atoms with Gasteiger partial charge in [0.05, 0.1) is 42.7 Å². The summed E-state index contributed by atoms with van der Waals surface area (Å²) in [6.07, 6.45) is 5.95. The predicted octanol–water partition coefficient (Wildman–Crippen LogP) is 2.82. The van der Waals surface area contributed by atoms with Crippen LogP contribution in [0.4, 0.5) is 0 Å². The molecule has 12 heteroatoms. The maximum atomic E-state index is 14.6. The van der Waals surface area contributed by atoms with Crippen LogP contribution in [0.15, 0.2) is 49.6 Å². The number of hydrogen-bond donors (Lipinski definition) is 1. The van der Waals surface area contributed by atoms with Crippen molar-refractivity contribution in [2.24, 2.45) is 11.8 Å². The lowest BCUT2D eigenvalue weighted by Gasteiger charge is -2.39. The number of allylic oxidation sites excluding steroid dienone is 1. The Morgan fingerprint density at radius 3 is 2.81 bits per heavy atom. The van der Waals surface area contributed by atoms with Gasteiger partial charge in [-0.15, -0.1) is 18.3 Å². The monoisotopic (exact) mass is 643 g/mol. The number of para-hydroxylation sites is 1. The number of aliphatic hydroxyl groups is 1. The van der Waals surface area contributed by atoms with E-state index in [0.29, 0.717) is 24.8 Å². The summed E-state index contributed by atoms with van der Waals surface area (Å²) in [5, 5.41) is 18.8.